The molecule has 0 radical (unpaired) electrons. The molecule has 0 spiro atoms. The maximum atomic E-state index is 12.7. The summed E-state index contributed by atoms with van der Waals surface area (Å²) in [5.41, 5.74) is 3.93. The third-order valence-electron chi connectivity index (χ3n) is 7.88. The van der Waals surface area contributed by atoms with Gasteiger partial charge in [-0.25, -0.2) is 24.7 Å². The first-order chi connectivity index (χ1) is 22.7. The highest BCUT2D eigenvalue weighted by Crippen LogP contribution is 2.38. The molecule has 1 unspecified atom stereocenters. The van der Waals surface area contributed by atoms with Gasteiger partial charge in [-0.3, -0.25) is 0 Å². The van der Waals surface area contributed by atoms with Crippen molar-refractivity contribution in [3.05, 3.63) is 82.6 Å². The van der Waals surface area contributed by atoms with Gasteiger partial charge in [0.05, 0.1) is 28.5 Å². The first-order valence-corrected chi connectivity index (χ1v) is 16.9. The van der Waals surface area contributed by atoms with Crippen LogP contribution in [0.4, 0.5) is 16.4 Å². The minimum atomic E-state index is -0.539. The van der Waals surface area contributed by atoms with E-state index in [-0.39, 0.29) is 12.1 Å². The third-order valence-corrected chi connectivity index (χ3v) is 8.92. The van der Waals surface area contributed by atoms with Crippen LogP contribution in [0, 0.1) is 6.92 Å². The SMILES string of the molecule is CCc1nc(CNc2cccc3c(Oc4ncccc4-c4ccnc(NC5CCCN(C(=O)OC(C)(C)C)C5)n4)c(C)ccc23)cs1. The monoisotopic (exact) mass is 651 g/mol. The zero-order valence-corrected chi connectivity index (χ0v) is 28.4. The van der Waals surface area contributed by atoms with E-state index >= 15 is 0 Å². The Balaban J connectivity index is 1.22. The number of fused-ring (bicyclic) bond motifs is 1. The Morgan fingerprint density at radius 3 is 2.72 bits per heavy atom. The number of nitrogens with zero attached hydrogens (tertiary/aromatic N) is 5. The Labute approximate surface area is 279 Å². The summed E-state index contributed by atoms with van der Waals surface area (Å²) in [6, 6.07) is 16.0. The highest BCUT2D eigenvalue weighted by molar-refractivity contribution is 7.09. The summed E-state index contributed by atoms with van der Waals surface area (Å²) in [6.07, 6.45) is 5.85. The number of thiazole rings is 1. The summed E-state index contributed by atoms with van der Waals surface area (Å²) in [5.74, 6) is 1.68. The standard InChI is InChI=1S/C36H41N7O3S/c1-6-31-40-25(22-47-31)20-39-29-13-7-11-27-26(29)15-14-23(2)32(27)45-33-28(12-8-17-37-33)30-16-18-38-34(42-30)41-24-10-9-19-43(21-24)35(44)46-36(3,4)5/h7-8,11-18,22,24,39H,6,9-10,19-21H2,1-5H3,(H,38,41,42). The molecule has 3 aromatic heterocycles. The van der Waals surface area contributed by atoms with Crippen LogP contribution >= 0.6 is 11.3 Å². The van der Waals surface area contributed by atoms with Gasteiger partial charge in [-0.1, -0.05) is 31.2 Å². The van der Waals surface area contributed by atoms with Crippen molar-refractivity contribution >= 4 is 39.8 Å². The molecule has 2 N–H and O–H groups in total. The normalized spacial score (nSPS) is 15.0. The second kappa shape index (κ2) is 13.9. The van der Waals surface area contributed by atoms with Gasteiger partial charge in [-0.15, -0.1) is 11.3 Å². The summed E-state index contributed by atoms with van der Waals surface area (Å²) < 4.78 is 12.2. The largest absolute Gasteiger partial charge is 0.444 e. The molecule has 1 atom stereocenters. The summed E-state index contributed by atoms with van der Waals surface area (Å²) in [6.45, 7) is 11.6. The topological polar surface area (TPSA) is 114 Å². The van der Waals surface area contributed by atoms with Gasteiger partial charge in [0.2, 0.25) is 11.8 Å². The van der Waals surface area contributed by atoms with Crippen LogP contribution in [0.3, 0.4) is 0 Å². The van der Waals surface area contributed by atoms with Crippen LogP contribution in [0.2, 0.25) is 0 Å². The number of carbonyl (C=O) groups is 1. The number of benzene rings is 2. The van der Waals surface area contributed by atoms with Crippen LogP contribution in [-0.4, -0.2) is 55.7 Å². The fraction of sp³-hybridized carbons (Fsp3) is 0.361. The highest BCUT2D eigenvalue weighted by Gasteiger charge is 2.28. The van der Waals surface area contributed by atoms with E-state index < -0.39 is 5.60 Å². The molecule has 1 saturated heterocycles. The van der Waals surface area contributed by atoms with Gasteiger partial charge < -0.3 is 25.0 Å². The zero-order valence-electron chi connectivity index (χ0n) is 27.5. The molecule has 1 fully saturated rings. The molecule has 47 heavy (non-hydrogen) atoms. The van der Waals surface area contributed by atoms with Crippen molar-refractivity contribution in [2.45, 2.75) is 72.1 Å². The smallest absolute Gasteiger partial charge is 0.410 e. The van der Waals surface area contributed by atoms with Gasteiger partial charge in [0.15, 0.2) is 0 Å². The number of rotatable bonds is 9. The van der Waals surface area contributed by atoms with Gasteiger partial charge in [0, 0.05) is 53.4 Å². The van der Waals surface area contributed by atoms with E-state index in [9.17, 15) is 4.79 Å². The van der Waals surface area contributed by atoms with E-state index in [0.717, 1.165) is 63.3 Å². The van der Waals surface area contributed by atoms with Crippen molar-refractivity contribution in [1.82, 2.24) is 24.8 Å². The Kier molecular flexibility index (Phi) is 9.53. The molecule has 0 saturated carbocycles. The number of hydrogen-bond acceptors (Lipinski definition) is 10. The Morgan fingerprint density at radius 1 is 1.04 bits per heavy atom. The summed E-state index contributed by atoms with van der Waals surface area (Å²) in [5, 5.41) is 12.3. The van der Waals surface area contributed by atoms with Gasteiger partial charge in [0.1, 0.15) is 11.4 Å². The van der Waals surface area contributed by atoms with Crippen LogP contribution in [0.15, 0.2) is 66.3 Å². The molecule has 1 aliphatic heterocycles. The predicted molar refractivity (Wildman–Crippen MR) is 187 cm³/mol. The van der Waals surface area contributed by atoms with E-state index in [1.807, 2.05) is 52.0 Å². The first-order valence-electron chi connectivity index (χ1n) is 16.1. The molecule has 0 bridgehead atoms. The van der Waals surface area contributed by atoms with Crippen molar-refractivity contribution in [1.29, 1.82) is 0 Å². The number of pyridine rings is 1. The number of ether oxygens (including phenoxy) is 2. The highest BCUT2D eigenvalue weighted by atomic mass is 32.1. The van der Waals surface area contributed by atoms with E-state index in [1.54, 1.807) is 28.6 Å². The van der Waals surface area contributed by atoms with Gasteiger partial charge in [-0.2, -0.15) is 0 Å². The molecule has 0 aliphatic carbocycles. The lowest BCUT2D eigenvalue weighted by atomic mass is 10.0. The molecule has 5 aromatic rings. The number of hydrogen-bond donors (Lipinski definition) is 2. The van der Waals surface area contributed by atoms with Crippen molar-refractivity contribution in [3.8, 4) is 22.9 Å². The lowest BCUT2D eigenvalue weighted by Crippen LogP contribution is -2.47. The van der Waals surface area contributed by atoms with Gasteiger partial charge in [-0.05, 0) is 76.8 Å². The van der Waals surface area contributed by atoms with Crippen LogP contribution in [0.25, 0.3) is 22.0 Å². The van der Waals surface area contributed by atoms with Gasteiger partial charge in [0.25, 0.3) is 0 Å². The molecular weight excluding hydrogens is 611 g/mol. The molecule has 1 amide bonds. The number of aryl methyl sites for hydroxylation is 2. The number of piperidine rings is 1. The number of amides is 1. The lowest BCUT2D eigenvalue weighted by Gasteiger charge is -2.34. The molecule has 4 heterocycles. The molecule has 244 valence electrons. The molecule has 6 rings (SSSR count). The summed E-state index contributed by atoms with van der Waals surface area (Å²) >= 11 is 1.70. The van der Waals surface area contributed by atoms with Crippen molar-refractivity contribution < 1.29 is 14.3 Å². The fourth-order valence-corrected chi connectivity index (χ4v) is 6.36. The molecule has 11 heteroatoms. The van der Waals surface area contributed by atoms with Crippen LogP contribution in [-0.2, 0) is 17.7 Å². The first kappa shape index (κ1) is 32.2. The van der Waals surface area contributed by atoms with Crippen LogP contribution in [0.5, 0.6) is 11.6 Å². The number of anilines is 2. The minimum absolute atomic E-state index is 0.00138. The maximum Gasteiger partial charge on any atom is 0.410 e. The average Bonchev–Trinajstić information content (AvgIpc) is 3.53. The molecule has 2 aromatic carbocycles. The number of likely N-dealkylation sites (tertiary alicyclic amines) is 1. The van der Waals surface area contributed by atoms with Crippen LogP contribution in [0.1, 0.15) is 56.8 Å². The Hall–Kier alpha value is -4.77. The third kappa shape index (κ3) is 7.79. The molecular formula is C36H41N7O3S. The van der Waals surface area contributed by atoms with E-state index in [4.69, 9.17) is 19.4 Å². The second-order valence-electron chi connectivity index (χ2n) is 12.7. The Bertz CT molecular complexity index is 1870. The number of nitrogens with one attached hydrogen (secondary N) is 2. The number of carbonyl (C=O) groups excluding carboxylic acids is 1. The summed E-state index contributed by atoms with van der Waals surface area (Å²) in [4.78, 5) is 33.1. The minimum Gasteiger partial charge on any atom is -0.444 e. The second-order valence-corrected chi connectivity index (χ2v) is 13.6. The Morgan fingerprint density at radius 2 is 1.91 bits per heavy atom. The van der Waals surface area contributed by atoms with E-state index in [2.05, 4.69) is 57.2 Å². The average molecular weight is 652 g/mol. The summed E-state index contributed by atoms with van der Waals surface area (Å²) in [7, 11) is 0. The van der Waals surface area contributed by atoms with Crippen LogP contribution < -0.4 is 15.4 Å². The van der Waals surface area contributed by atoms with Crippen molar-refractivity contribution in [2.75, 3.05) is 23.7 Å². The van der Waals surface area contributed by atoms with E-state index in [1.165, 1.54) is 0 Å². The predicted octanol–water partition coefficient (Wildman–Crippen LogP) is 8.23. The van der Waals surface area contributed by atoms with Crippen molar-refractivity contribution in [2.24, 2.45) is 0 Å². The quantitative estimate of drug-likeness (QED) is 0.163. The molecule has 1 aliphatic rings. The number of aromatic nitrogens is 4. The van der Waals surface area contributed by atoms with Gasteiger partial charge >= 0.3 is 6.09 Å². The zero-order chi connectivity index (χ0) is 33.0. The lowest BCUT2D eigenvalue weighted by molar-refractivity contribution is 0.0206. The van der Waals surface area contributed by atoms with E-state index in [0.29, 0.717) is 37.2 Å². The van der Waals surface area contributed by atoms with Crippen molar-refractivity contribution in [3.63, 3.8) is 0 Å². The maximum absolute atomic E-state index is 12.7. The molecule has 10 nitrogen and oxygen atoms in total. The fourth-order valence-electron chi connectivity index (χ4n) is 5.62.